The number of likely N-dealkylation sites (tertiary alicyclic amines) is 1. The number of carbonyl (C=O) groups excluding carboxylic acids is 1. The highest BCUT2D eigenvalue weighted by molar-refractivity contribution is 9.10. The van der Waals surface area contributed by atoms with Gasteiger partial charge >= 0.3 is 0 Å². The summed E-state index contributed by atoms with van der Waals surface area (Å²) in [6.45, 7) is 3.33. The summed E-state index contributed by atoms with van der Waals surface area (Å²) in [5.74, 6) is 0.426. The zero-order valence-electron chi connectivity index (χ0n) is 10.2. The molecule has 0 saturated carbocycles. The molecule has 0 bridgehead atoms. The van der Waals surface area contributed by atoms with Gasteiger partial charge in [-0.05, 0) is 52.7 Å². The Bertz CT molecular complexity index is 451. The van der Waals surface area contributed by atoms with E-state index in [0.29, 0.717) is 10.4 Å². The fourth-order valence-corrected chi connectivity index (χ4v) is 3.21. The highest BCUT2D eigenvalue weighted by Gasteiger charge is 2.41. The van der Waals surface area contributed by atoms with Crippen molar-refractivity contribution < 1.29 is 13.9 Å². The van der Waals surface area contributed by atoms with E-state index in [9.17, 15) is 4.79 Å². The van der Waals surface area contributed by atoms with Crippen LogP contribution in [0.5, 0.6) is 0 Å². The van der Waals surface area contributed by atoms with Gasteiger partial charge in [-0.1, -0.05) is 0 Å². The van der Waals surface area contributed by atoms with Crippen molar-refractivity contribution >= 4 is 21.8 Å². The lowest BCUT2D eigenvalue weighted by Crippen LogP contribution is -2.35. The number of hydrogen-bond acceptors (Lipinski definition) is 3. The van der Waals surface area contributed by atoms with Crippen molar-refractivity contribution in [1.82, 2.24) is 4.90 Å². The molecule has 1 spiro atoms. The highest BCUT2D eigenvalue weighted by atomic mass is 79.9. The summed E-state index contributed by atoms with van der Waals surface area (Å²) < 4.78 is 11.3. The summed E-state index contributed by atoms with van der Waals surface area (Å²) in [4.78, 5) is 14.2. The Morgan fingerprint density at radius 3 is 2.72 bits per heavy atom. The molecule has 0 atom stereocenters. The van der Waals surface area contributed by atoms with Gasteiger partial charge in [-0.3, -0.25) is 4.79 Å². The first-order valence-corrected chi connectivity index (χ1v) is 7.10. The van der Waals surface area contributed by atoms with Crippen LogP contribution in [0.2, 0.25) is 0 Å². The molecule has 0 N–H and O–H groups in total. The molecule has 2 aliphatic heterocycles. The second kappa shape index (κ2) is 4.70. The molecule has 18 heavy (non-hydrogen) atoms. The standard InChI is InChI=1S/C13H16BrNO3/c14-11-2-1-10(18-11)12(16)15-6-3-13(9-15)4-7-17-8-5-13/h1-2H,3-9H2. The van der Waals surface area contributed by atoms with E-state index < -0.39 is 0 Å². The normalized spacial score (nSPS) is 22.6. The zero-order chi connectivity index (χ0) is 12.6. The van der Waals surface area contributed by atoms with Gasteiger partial charge in [-0.25, -0.2) is 0 Å². The molecule has 4 nitrogen and oxygen atoms in total. The first kappa shape index (κ1) is 12.2. The molecule has 98 valence electrons. The first-order valence-electron chi connectivity index (χ1n) is 6.31. The maximum absolute atomic E-state index is 12.3. The Labute approximate surface area is 114 Å². The van der Waals surface area contributed by atoms with Crippen molar-refractivity contribution in [1.29, 1.82) is 0 Å². The summed E-state index contributed by atoms with van der Waals surface area (Å²) in [6.07, 6.45) is 3.22. The average Bonchev–Trinajstić information content (AvgIpc) is 2.97. The van der Waals surface area contributed by atoms with E-state index in [4.69, 9.17) is 9.15 Å². The Kier molecular flexibility index (Phi) is 3.20. The van der Waals surface area contributed by atoms with Gasteiger partial charge in [0.2, 0.25) is 0 Å². The Morgan fingerprint density at radius 2 is 2.06 bits per heavy atom. The molecule has 0 radical (unpaired) electrons. The lowest BCUT2D eigenvalue weighted by atomic mass is 9.80. The molecule has 0 aromatic carbocycles. The average molecular weight is 314 g/mol. The van der Waals surface area contributed by atoms with Gasteiger partial charge < -0.3 is 14.1 Å². The maximum atomic E-state index is 12.3. The summed E-state index contributed by atoms with van der Waals surface area (Å²) in [6, 6.07) is 3.48. The molecule has 1 amide bonds. The van der Waals surface area contributed by atoms with E-state index in [-0.39, 0.29) is 11.3 Å². The lowest BCUT2D eigenvalue weighted by molar-refractivity contribution is 0.0188. The number of amides is 1. The molecular formula is C13H16BrNO3. The molecule has 5 heteroatoms. The van der Waals surface area contributed by atoms with Crippen molar-refractivity contribution in [2.75, 3.05) is 26.3 Å². The third kappa shape index (κ3) is 2.21. The van der Waals surface area contributed by atoms with Gasteiger partial charge in [0.15, 0.2) is 10.4 Å². The Balaban J connectivity index is 1.70. The fourth-order valence-electron chi connectivity index (χ4n) is 2.91. The summed E-state index contributed by atoms with van der Waals surface area (Å²) in [7, 11) is 0. The van der Waals surface area contributed by atoms with Gasteiger partial charge in [0.05, 0.1) is 0 Å². The summed E-state index contributed by atoms with van der Waals surface area (Å²) in [5.41, 5.74) is 0.289. The second-order valence-electron chi connectivity index (χ2n) is 5.19. The Morgan fingerprint density at radius 1 is 1.28 bits per heavy atom. The van der Waals surface area contributed by atoms with E-state index in [1.807, 2.05) is 4.90 Å². The topological polar surface area (TPSA) is 42.7 Å². The molecule has 3 heterocycles. The third-order valence-corrected chi connectivity index (χ3v) is 4.49. The van der Waals surface area contributed by atoms with Gasteiger partial charge in [0, 0.05) is 26.3 Å². The van der Waals surface area contributed by atoms with E-state index in [0.717, 1.165) is 45.6 Å². The minimum absolute atomic E-state index is 0.00377. The lowest BCUT2D eigenvalue weighted by Gasteiger charge is -2.32. The SMILES string of the molecule is O=C(c1ccc(Br)o1)N1CCC2(CCOCC2)C1. The number of hydrogen-bond donors (Lipinski definition) is 0. The molecule has 2 aliphatic rings. The van der Waals surface area contributed by atoms with Gasteiger partial charge in [0.1, 0.15) is 0 Å². The molecule has 3 rings (SSSR count). The maximum Gasteiger partial charge on any atom is 0.289 e. The van der Waals surface area contributed by atoms with Crippen molar-refractivity contribution in [2.45, 2.75) is 19.3 Å². The van der Waals surface area contributed by atoms with Crippen LogP contribution in [0.4, 0.5) is 0 Å². The van der Waals surface area contributed by atoms with Crippen LogP contribution >= 0.6 is 15.9 Å². The first-order chi connectivity index (χ1) is 8.69. The monoisotopic (exact) mass is 313 g/mol. The van der Waals surface area contributed by atoms with Crippen LogP contribution in [0.15, 0.2) is 21.2 Å². The van der Waals surface area contributed by atoms with Crippen LogP contribution in [0, 0.1) is 5.41 Å². The van der Waals surface area contributed by atoms with E-state index in [2.05, 4.69) is 15.9 Å². The van der Waals surface area contributed by atoms with E-state index >= 15 is 0 Å². The van der Waals surface area contributed by atoms with Crippen molar-refractivity contribution in [3.63, 3.8) is 0 Å². The summed E-state index contributed by atoms with van der Waals surface area (Å²) >= 11 is 3.23. The van der Waals surface area contributed by atoms with Gasteiger partial charge in [0.25, 0.3) is 5.91 Å². The van der Waals surface area contributed by atoms with Crippen LogP contribution < -0.4 is 0 Å². The predicted molar refractivity (Wildman–Crippen MR) is 69.4 cm³/mol. The molecule has 2 saturated heterocycles. The van der Waals surface area contributed by atoms with Crippen molar-refractivity contribution in [3.05, 3.63) is 22.6 Å². The van der Waals surface area contributed by atoms with Crippen LogP contribution in [-0.4, -0.2) is 37.1 Å². The molecule has 2 fully saturated rings. The quantitative estimate of drug-likeness (QED) is 0.800. The zero-order valence-corrected chi connectivity index (χ0v) is 11.7. The second-order valence-corrected chi connectivity index (χ2v) is 5.97. The third-order valence-electron chi connectivity index (χ3n) is 4.06. The van der Waals surface area contributed by atoms with Crippen LogP contribution in [0.25, 0.3) is 0 Å². The van der Waals surface area contributed by atoms with Gasteiger partial charge in [-0.15, -0.1) is 0 Å². The van der Waals surface area contributed by atoms with Crippen molar-refractivity contribution in [2.24, 2.45) is 5.41 Å². The predicted octanol–water partition coefficient (Wildman–Crippen LogP) is 2.68. The molecule has 0 aliphatic carbocycles. The van der Waals surface area contributed by atoms with Crippen LogP contribution in [0.1, 0.15) is 29.8 Å². The van der Waals surface area contributed by atoms with Crippen molar-refractivity contribution in [3.8, 4) is 0 Å². The largest absolute Gasteiger partial charge is 0.444 e. The van der Waals surface area contributed by atoms with Crippen LogP contribution in [-0.2, 0) is 4.74 Å². The minimum Gasteiger partial charge on any atom is -0.444 e. The smallest absolute Gasteiger partial charge is 0.289 e. The highest BCUT2D eigenvalue weighted by Crippen LogP contribution is 2.40. The number of ether oxygens (including phenoxy) is 1. The number of nitrogens with zero attached hydrogens (tertiary/aromatic N) is 1. The van der Waals surface area contributed by atoms with E-state index in [1.165, 1.54) is 0 Å². The number of rotatable bonds is 1. The molecule has 0 unspecified atom stereocenters. The van der Waals surface area contributed by atoms with Crippen LogP contribution in [0.3, 0.4) is 0 Å². The van der Waals surface area contributed by atoms with E-state index in [1.54, 1.807) is 12.1 Å². The molecule has 1 aromatic heterocycles. The minimum atomic E-state index is 0.00377. The molecular weight excluding hydrogens is 298 g/mol. The Hall–Kier alpha value is -0.810. The number of carbonyl (C=O) groups is 1. The summed E-state index contributed by atoms with van der Waals surface area (Å²) in [5, 5.41) is 0. The van der Waals surface area contributed by atoms with Gasteiger partial charge in [-0.2, -0.15) is 0 Å². The fraction of sp³-hybridized carbons (Fsp3) is 0.615. The number of halogens is 1. The number of furan rings is 1. The molecule has 1 aromatic rings.